The normalized spacial score (nSPS) is 12.4. The number of hydrogen-bond acceptors (Lipinski definition) is 4. The van der Waals surface area contributed by atoms with Crippen LogP contribution in [0.1, 0.15) is 0 Å². The van der Waals surface area contributed by atoms with Gasteiger partial charge in [-0.05, 0) is 74.6 Å². The molecule has 0 atom stereocenters. The van der Waals surface area contributed by atoms with Crippen molar-refractivity contribution in [3.63, 3.8) is 0 Å². The van der Waals surface area contributed by atoms with E-state index in [1.807, 2.05) is 35.8 Å². The van der Waals surface area contributed by atoms with Gasteiger partial charge in [0.1, 0.15) is 27.9 Å². The van der Waals surface area contributed by atoms with Crippen LogP contribution in [0.25, 0.3) is 119 Å². The largest absolute Gasteiger partial charge is 0.464 e. The third-order valence-electron chi connectivity index (χ3n) is 10.5. The first-order chi connectivity index (χ1) is 24.8. The summed E-state index contributed by atoms with van der Waals surface area (Å²) in [7, 11) is 0. The lowest BCUT2D eigenvalue weighted by Crippen LogP contribution is -1.92. The molecule has 0 aliphatic carbocycles. The number of furan rings is 3. The summed E-state index contributed by atoms with van der Waals surface area (Å²) < 4.78 is 22.0. The van der Waals surface area contributed by atoms with E-state index < -0.39 is 0 Å². The molecular weight excluding hydrogens is 633 g/mol. The van der Waals surface area contributed by atoms with Gasteiger partial charge in [-0.15, -0.1) is 11.3 Å². The second kappa shape index (κ2) is 9.63. The van der Waals surface area contributed by atoms with Gasteiger partial charge in [-0.1, -0.05) is 103 Å². The van der Waals surface area contributed by atoms with Crippen molar-refractivity contribution in [3.8, 4) is 22.3 Å². The quantitative estimate of drug-likeness (QED) is 0.174. The molecular formula is C46H24O3S. The summed E-state index contributed by atoms with van der Waals surface area (Å²) in [6, 6.07) is 49.7. The lowest BCUT2D eigenvalue weighted by atomic mass is 9.84. The van der Waals surface area contributed by atoms with Crippen molar-refractivity contribution >= 4 is 108 Å². The van der Waals surface area contributed by atoms with Crippen LogP contribution in [0.2, 0.25) is 0 Å². The highest BCUT2D eigenvalue weighted by Crippen LogP contribution is 2.52. The summed E-state index contributed by atoms with van der Waals surface area (Å²) in [6.07, 6.45) is 1.81. The van der Waals surface area contributed by atoms with Gasteiger partial charge in [0.2, 0.25) is 0 Å². The molecule has 0 fully saturated rings. The third-order valence-corrected chi connectivity index (χ3v) is 11.7. The van der Waals surface area contributed by atoms with Crippen LogP contribution < -0.4 is 0 Å². The minimum atomic E-state index is 0.822. The topological polar surface area (TPSA) is 39.4 Å². The molecule has 0 radical (unpaired) electrons. The monoisotopic (exact) mass is 656 g/mol. The van der Waals surface area contributed by atoms with Gasteiger partial charge in [0.25, 0.3) is 0 Å². The van der Waals surface area contributed by atoms with Crippen molar-refractivity contribution < 1.29 is 13.3 Å². The summed E-state index contributed by atoms with van der Waals surface area (Å²) in [5.41, 5.74) is 9.09. The van der Waals surface area contributed by atoms with Crippen LogP contribution in [0.15, 0.2) is 159 Å². The van der Waals surface area contributed by atoms with E-state index in [1.165, 1.54) is 58.4 Å². The Hall–Kier alpha value is -6.36. The van der Waals surface area contributed by atoms with Gasteiger partial charge in [0, 0.05) is 47.3 Å². The molecule has 0 saturated carbocycles. The molecule has 0 amide bonds. The van der Waals surface area contributed by atoms with E-state index in [2.05, 4.69) is 121 Å². The third kappa shape index (κ3) is 3.38. The summed E-state index contributed by atoms with van der Waals surface area (Å²) in [4.78, 5) is 0. The average molecular weight is 657 g/mol. The molecule has 0 spiro atoms. The summed E-state index contributed by atoms with van der Waals surface area (Å²) >= 11 is 1.84. The van der Waals surface area contributed by atoms with Gasteiger partial charge in [0.05, 0.1) is 11.6 Å². The molecule has 0 aliphatic rings. The van der Waals surface area contributed by atoms with Crippen LogP contribution in [0.4, 0.5) is 0 Å². The van der Waals surface area contributed by atoms with E-state index in [-0.39, 0.29) is 0 Å². The fourth-order valence-corrected chi connectivity index (χ4v) is 9.72. The zero-order valence-corrected chi connectivity index (χ0v) is 27.3. The minimum absolute atomic E-state index is 0.822. The number of rotatable bonds is 2. The maximum Gasteiger partial charge on any atom is 0.147 e. The molecule has 4 heteroatoms. The highest BCUT2D eigenvalue weighted by molar-refractivity contribution is 7.26. The number of thiophene rings is 1. The Morgan fingerprint density at radius 2 is 0.960 bits per heavy atom. The van der Waals surface area contributed by atoms with E-state index in [9.17, 15) is 0 Å². The second-order valence-corrected chi connectivity index (χ2v) is 14.2. The molecule has 12 rings (SSSR count). The highest BCUT2D eigenvalue weighted by Gasteiger charge is 2.25. The van der Waals surface area contributed by atoms with Crippen molar-refractivity contribution in [2.75, 3.05) is 0 Å². The number of hydrogen-bond donors (Lipinski definition) is 0. The lowest BCUT2D eigenvalue weighted by Gasteiger charge is -2.19. The van der Waals surface area contributed by atoms with Gasteiger partial charge < -0.3 is 13.3 Å². The van der Waals surface area contributed by atoms with Crippen molar-refractivity contribution in [2.45, 2.75) is 0 Å². The highest BCUT2D eigenvalue weighted by atomic mass is 32.1. The van der Waals surface area contributed by atoms with Crippen LogP contribution in [0, 0.1) is 0 Å². The molecule has 50 heavy (non-hydrogen) atoms. The van der Waals surface area contributed by atoms with Crippen LogP contribution in [-0.2, 0) is 0 Å². The summed E-state index contributed by atoms with van der Waals surface area (Å²) in [5, 5.41) is 12.6. The van der Waals surface area contributed by atoms with E-state index in [1.54, 1.807) is 0 Å². The first-order valence-electron chi connectivity index (χ1n) is 16.8. The second-order valence-electron chi connectivity index (χ2n) is 13.1. The van der Waals surface area contributed by atoms with Crippen LogP contribution >= 0.6 is 11.3 Å². The number of para-hydroxylation sites is 2. The van der Waals surface area contributed by atoms with Crippen LogP contribution in [-0.4, -0.2) is 0 Å². The Morgan fingerprint density at radius 1 is 0.400 bits per heavy atom. The van der Waals surface area contributed by atoms with E-state index >= 15 is 0 Å². The van der Waals surface area contributed by atoms with Gasteiger partial charge >= 0.3 is 0 Å². The van der Waals surface area contributed by atoms with Crippen molar-refractivity contribution in [1.29, 1.82) is 0 Å². The van der Waals surface area contributed by atoms with Crippen molar-refractivity contribution in [2.24, 2.45) is 0 Å². The molecule has 0 bridgehead atoms. The first kappa shape index (κ1) is 26.6. The molecule has 0 saturated heterocycles. The van der Waals surface area contributed by atoms with E-state index in [0.717, 1.165) is 60.4 Å². The van der Waals surface area contributed by atoms with E-state index in [4.69, 9.17) is 13.3 Å². The fraction of sp³-hybridized carbons (Fsp3) is 0. The molecule has 3 nitrogen and oxygen atoms in total. The predicted molar refractivity (Wildman–Crippen MR) is 210 cm³/mol. The van der Waals surface area contributed by atoms with Crippen molar-refractivity contribution in [1.82, 2.24) is 0 Å². The molecule has 8 aromatic carbocycles. The molecule has 232 valence electrons. The standard InChI is InChI=1S/C46H24O3S/c1-3-13-28-26(11-1)39(33-24-37-42(31-16-6-8-18-35(31)48-37)45-41(33)30-15-5-9-19-36(30)49-45)27-12-2-4-14-29(27)40(28)34-23-25-21-22-47-44(25)43-32-17-7-10-20-38(32)50-46(34)43/h1-24H. The Labute approximate surface area is 288 Å². The Kier molecular flexibility index (Phi) is 5.12. The smallest absolute Gasteiger partial charge is 0.147 e. The minimum Gasteiger partial charge on any atom is -0.464 e. The van der Waals surface area contributed by atoms with E-state index in [0.29, 0.717) is 0 Å². The number of fused-ring (bicyclic) bond motifs is 14. The zero-order chi connectivity index (χ0) is 32.5. The molecule has 4 aromatic heterocycles. The summed E-state index contributed by atoms with van der Waals surface area (Å²) in [6.45, 7) is 0. The Balaban J connectivity index is 1.29. The average Bonchev–Trinajstić information content (AvgIpc) is 3.95. The van der Waals surface area contributed by atoms with Crippen molar-refractivity contribution in [3.05, 3.63) is 146 Å². The maximum atomic E-state index is 6.75. The van der Waals surface area contributed by atoms with Gasteiger partial charge in [-0.2, -0.15) is 0 Å². The Morgan fingerprint density at radius 3 is 1.66 bits per heavy atom. The van der Waals surface area contributed by atoms with Gasteiger partial charge in [-0.3, -0.25) is 0 Å². The molecule has 0 aliphatic heterocycles. The van der Waals surface area contributed by atoms with Crippen LogP contribution in [0.3, 0.4) is 0 Å². The number of benzene rings is 8. The molecule has 12 aromatic rings. The predicted octanol–water partition coefficient (Wildman–Crippen LogP) is 14.2. The SMILES string of the molecule is c1ccc2c(c1)oc1c2c(-c2c3ccccc3c(-c3cc4ccoc4c4c3sc3ccccc34)c3ccccc23)cc2oc3ccccc3c21. The molecule has 0 N–H and O–H groups in total. The fourth-order valence-electron chi connectivity index (χ4n) is 8.50. The zero-order valence-electron chi connectivity index (χ0n) is 26.5. The lowest BCUT2D eigenvalue weighted by molar-refractivity contribution is 0.619. The van der Waals surface area contributed by atoms with Crippen LogP contribution in [0.5, 0.6) is 0 Å². The molecule has 0 unspecified atom stereocenters. The maximum absolute atomic E-state index is 6.75. The Bertz CT molecular complexity index is 3330. The summed E-state index contributed by atoms with van der Waals surface area (Å²) in [5.74, 6) is 0. The first-order valence-corrected chi connectivity index (χ1v) is 17.6. The van der Waals surface area contributed by atoms with Gasteiger partial charge in [0.15, 0.2) is 0 Å². The van der Waals surface area contributed by atoms with Gasteiger partial charge in [-0.25, -0.2) is 0 Å². The molecule has 4 heterocycles.